The van der Waals surface area contributed by atoms with Crippen molar-refractivity contribution in [1.82, 2.24) is 4.90 Å². The third kappa shape index (κ3) is 3.16. The summed E-state index contributed by atoms with van der Waals surface area (Å²) in [6.45, 7) is 4.55. The highest BCUT2D eigenvalue weighted by atomic mass is 127. The minimum Gasteiger partial charge on any atom is -0.314 e. The van der Waals surface area contributed by atoms with E-state index in [4.69, 9.17) is 3.07 Å². The molecule has 0 saturated carbocycles. The summed E-state index contributed by atoms with van der Waals surface area (Å²) in [5, 5.41) is 0. The number of nitrogens with zero attached hydrogens (tertiary/aromatic N) is 1. The Labute approximate surface area is 76.6 Å². The van der Waals surface area contributed by atoms with Gasteiger partial charge >= 0.3 is 0 Å². The van der Waals surface area contributed by atoms with Crippen LogP contribution in [0.25, 0.3) is 0 Å². The van der Waals surface area contributed by atoms with Gasteiger partial charge in [0.1, 0.15) is 23.0 Å². The van der Waals surface area contributed by atoms with Crippen molar-refractivity contribution in [1.29, 1.82) is 0 Å². The molecule has 0 bridgehead atoms. The predicted molar refractivity (Wildman–Crippen MR) is 50.3 cm³/mol. The van der Waals surface area contributed by atoms with Gasteiger partial charge in [0.15, 0.2) is 0 Å². The van der Waals surface area contributed by atoms with Crippen LogP contribution in [0.15, 0.2) is 0 Å². The number of piperidine rings is 1. The van der Waals surface area contributed by atoms with Crippen molar-refractivity contribution in [3.05, 3.63) is 0 Å². The maximum Gasteiger partial charge on any atom is 0.109 e. The molecule has 0 aromatic rings. The normalized spacial score (nSPS) is 21.3. The maximum absolute atomic E-state index is 4.97. The smallest absolute Gasteiger partial charge is 0.109 e. The van der Waals surface area contributed by atoms with Crippen LogP contribution in [0.5, 0.6) is 0 Å². The average Bonchev–Trinajstić information content (AvgIpc) is 2.03. The van der Waals surface area contributed by atoms with Crippen LogP contribution in [0.1, 0.15) is 19.3 Å². The lowest BCUT2D eigenvalue weighted by atomic mass is 10.1. The molecule has 2 nitrogen and oxygen atoms in total. The highest BCUT2D eigenvalue weighted by Crippen LogP contribution is 2.07. The first-order valence-electron chi connectivity index (χ1n) is 3.89. The Morgan fingerprint density at radius 1 is 1.20 bits per heavy atom. The molecule has 10 heavy (non-hydrogen) atoms. The molecule has 1 heterocycles. The van der Waals surface area contributed by atoms with Crippen molar-refractivity contribution < 1.29 is 3.07 Å². The summed E-state index contributed by atoms with van der Waals surface area (Å²) in [6, 6.07) is 0. The van der Waals surface area contributed by atoms with Crippen LogP contribution >= 0.6 is 23.0 Å². The summed E-state index contributed by atoms with van der Waals surface area (Å²) in [7, 11) is 0. The molecular weight excluding hydrogens is 241 g/mol. The monoisotopic (exact) mass is 255 g/mol. The van der Waals surface area contributed by atoms with Gasteiger partial charge in [-0.15, -0.1) is 0 Å². The number of likely N-dealkylation sites (tertiary alicyclic amines) is 1. The fraction of sp³-hybridized carbons (Fsp3) is 1.00. The molecule has 0 aliphatic carbocycles. The van der Waals surface area contributed by atoms with Crippen LogP contribution < -0.4 is 0 Å². The number of halogens is 1. The first kappa shape index (κ1) is 8.74. The molecule has 1 aliphatic heterocycles. The lowest BCUT2D eigenvalue weighted by molar-refractivity contribution is 0.203. The molecule has 0 radical (unpaired) electrons. The largest absolute Gasteiger partial charge is 0.314 e. The van der Waals surface area contributed by atoms with Crippen molar-refractivity contribution >= 4 is 23.0 Å². The highest BCUT2D eigenvalue weighted by molar-refractivity contribution is 14.1. The summed E-state index contributed by atoms with van der Waals surface area (Å²) in [5.41, 5.74) is 0. The van der Waals surface area contributed by atoms with Gasteiger partial charge in [0.2, 0.25) is 0 Å². The fourth-order valence-electron chi connectivity index (χ4n) is 1.35. The summed E-state index contributed by atoms with van der Waals surface area (Å²) in [4.78, 5) is 2.47. The number of rotatable bonds is 3. The first-order chi connectivity index (χ1) is 4.93. The van der Waals surface area contributed by atoms with E-state index in [1.165, 1.54) is 32.4 Å². The maximum atomic E-state index is 4.97. The Balaban J connectivity index is 2.02. The van der Waals surface area contributed by atoms with E-state index in [2.05, 4.69) is 4.90 Å². The fourth-order valence-corrected chi connectivity index (χ4v) is 1.54. The van der Waals surface area contributed by atoms with E-state index in [0.717, 1.165) is 13.2 Å². The van der Waals surface area contributed by atoms with Crippen LogP contribution in [-0.2, 0) is 3.07 Å². The van der Waals surface area contributed by atoms with Gasteiger partial charge < -0.3 is 7.97 Å². The SMILES string of the molecule is IOCCN1CCCCC1. The van der Waals surface area contributed by atoms with Gasteiger partial charge in [-0.1, -0.05) is 6.42 Å². The highest BCUT2D eigenvalue weighted by Gasteiger charge is 2.08. The van der Waals surface area contributed by atoms with Crippen molar-refractivity contribution in [2.75, 3.05) is 26.2 Å². The van der Waals surface area contributed by atoms with Gasteiger partial charge in [-0.3, -0.25) is 0 Å². The number of hydrogen-bond donors (Lipinski definition) is 0. The summed E-state index contributed by atoms with van der Waals surface area (Å²) < 4.78 is 4.97. The molecule has 0 unspecified atom stereocenters. The molecule has 3 heteroatoms. The lowest BCUT2D eigenvalue weighted by Gasteiger charge is -2.25. The molecule has 60 valence electrons. The Kier molecular flexibility index (Phi) is 4.65. The van der Waals surface area contributed by atoms with Crippen LogP contribution in [-0.4, -0.2) is 31.1 Å². The number of hydrogen-bond acceptors (Lipinski definition) is 2. The lowest BCUT2D eigenvalue weighted by Crippen LogP contribution is -2.32. The zero-order valence-corrected chi connectivity index (χ0v) is 8.34. The molecule has 0 N–H and O–H groups in total. The van der Waals surface area contributed by atoms with Gasteiger partial charge in [-0.25, -0.2) is 0 Å². The van der Waals surface area contributed by atoms with E-state index in [9.17, 15) is 0 Å². The van der Waals surface area contributed by atoms with Gasteiger partial charge in [0, 0.05) is 6.54 Å². The molecule has 0 atom stereocenters. The molecule has 1 fully saturated rings. The molecular formula is C7H14INO. The third-order valence-electron chi connectivity index (χ3n) is 1.93. The molecule has 1 rings (SSSR count). The molecule has 1 saturated heterocycles. The van der Waals surface area contributed by atoms with E-state index >= 15 is 0 Å². The quantitative estimate of drug-likeness (QED) is 0.713. The zero-order valence-electron chi connectivity index (χ0n) is 6.18. The summed E-state index contributed by atoms with van der Waals surface area (Å²) in [6.07, 6.45) is 4.17. The van der Waals surface area contributed by atoms with Gasteiger partial charge in [-0.2, -0.15) is 0 Å². The van der Waals surface area contributed by atoms with E-state index in [0.29, 0.717) is 0 Å². The zero-order chi connectivity index (χ0) is 7.23. The first-order valence-corrected chi connectivity index (χ1v) is 4.77. The van der Waals surface area contributed by atoms with Crippen LogP contribution in [0.3, 0.4) is 0 Å². The van der Waals surface area contributed by atoms with E-state index < -0.39 is 0 Å². The Bertz CT molecular complexity index is 83.7. The van der Waals surface area contributed by atoms with Crippen LogP contribution in [0.4, 0.5) is 0 Å². The van der Waals surface area contributed by atoms with Crippen molar-refractivity contribution in [2.45, 2.75) is 19.3 Å². The van der Waals surface area contributed by atoms with Gasteiger partial charge in [-0.05, 0) is 25.9 Å². The van der Waals surface area contributed by atoms with Crippen molar-refractivity contribution in [3.8, 4) is 0 Å². The van der Waals surface area contributed by atoms with Gasteiger partial charge in [0.05, 0.1) is 6.61 Å². The van der Waals surface area contributed by atoms with Crippen LogP contribution in [0.2, 0.25) is 0 Å². The molecule has 0 spiro atoms. The Morgan fingerprint density at radius 2 is 1.90 bits per heavy atom. The average molecular weight is 255 g/mol. The minimum absolute atomic E-state index is 0.876. The second-order valence-electron chi connectivity index (χ2n) is 2.72. The minimum atomic E-state index is 0.876. The summed E-state index contributed by atoms with van der Waals surface area (Å²) >= 11 is 1.96. The topological polar surface area (TPSA) is 12.5 Å². The second-order valence-corrected chi connectivity index (χ2v) is 3.34. The molecule has 0 aromatic carbocycles. The third-order valence-corrected chi connectivity index (χ3v) is 2.37. The van der Waals surface area contributed by atoms with E-state index in [-0.39, 0.29) is 0 Å². The van der Waals surface area contributed by atoms with Crippen molar-refractivity contribution in [2.24, 2.45) is 0 Å². The van der Waals surface area contributed by atoms with Crippen LogP contribution in [0, 0.1) is 0 Å². The van der Waals surface area contributed by atoms with Crippen molar-refractivity contribution in [3.63, 3.8) is 0 Å². The molecule has 0 amide bonds. The van der Waals surface area contributed by atoms with E-state index in [1.54, 1.807) is 0 Å². The Hall–Kier alpha value is 0.650. The Morgan fingerprint density at radius 3 is 2.50 bits per heavy atom. The molecule has 0 aromatic heterocycles. The van der Waals surface area contributed by atoms with Gasteiger partial charge in [0.25, 0.3) is 0 Å². The molecule has 1 aliphatic rings. The van der Waals surface area contributed by atoms with E-state index in [1.807, 2.05) is 23.0 Å². The second kappa shape index (κ2) is 5.32. The summed E-state index contributed by atoms with van der Waals surface area (Å²) in [5.74, 6) is 0. The standard InChI is InChI=1S/C7H14INO/c8-10-7-6-9-4-2-1-3-5-9/h1-7H2. The predicted octanol–water partition coefficient (Wildman–Crippen LogP) is 1.84.